The van der Waals surface area contributed by atoms with E-state index in [2.05, 4.69) is 9.72 Å². The van der Waals surface area contributed by atoms with Gasteiger partial charge in [-0.1, -0.05) is 12.1 Å². The molecule has 1 aromatic carbocycles. The molecule has 3 nitrogen and oxygen atoms in total. The summed E-state index contributed by atoms with van der Waals surface area (Å²) < 4.78 is 40.1. The highest BCUT2D eigenvalue weighted by atomic mass is 32.1. The van der Waals surface area contributed by atoms with Crippen LogP contribution in [0.5, 0.6) is 5.75 Å². The molecule has 100 valence electrons. The quantitative estimate of drug-likeness (QED) is 0.803. The van der Waals surface area contributed by atoms with E-state index in [4.69, 9.17) is 0 Å². The Bertz CT molecular complexity index is 607. The van der Waals surface area contributed by atoms with Crippen molar-refractivity contribution in [2.45, 2.75) is 13.3 Å². The van der Waals surface area contributed by atoms with Gasteiger partial charge in [0.25, 0.3) is 0 Å². The van der Waals surface area contributed by atoms with E-state index in [9.17, 15) is 18.0 Å². The Morgan fingerprint density at radius 3 is 2.68 bits per heavy atom. The number of carbonyl (C=O) groups is 1. The number of thiazole rings is 1. The highest BCUT2D eigenvalue weighted by molar-refractivity contribution is 7.13. The van der Waals surface area contributed by atoms with Gasteiger partial charge < -0.3 is 4.74 Å². The number of nitrogens with zero attached hydrogens (tertiary/aromatic N) is 1. The van der Waals surface area contributed by atoms with Crippen LogP contribution in [-0.2, 0) is 0 Å². The van der Waals surface area contributed by atoms with Crippen molar-refractivity contribution < 1.29 is 22.7 Å². The number of hydrogen-bond donors (Lipinski definition) is 0. The minimum atomic E-state index is -4.73. The van der Waals surface area contributed by atoms with Crippen molar-refractivity contribution in [3.8, 4) is 16.3 Å². The van der Waals surface area contributed by atoms with Crippen molar-refractivity contribution in [2.24, 2.45) is 0 Å². The third-order valence-electron chi connectivity index (χ3n) is 2.18. The Morgan fingerprint density at radius 2 is 2.11 bits per heavy atom. The van der Waals surface area contributed by atoms with E-state index in [1.54, 1.807) is 11.4 Å². The largest absolute Gasteiger partial charge is 0.573 e. The first-order valence-electron chi connectivity index (χ1n) is 5.18. The zero-order chi connectivity index (χ0) is 14.0. The molecule has 0 bridgehead atoms. The number of Topliss-reactive ketones (excluding diaryl/α,β-unsaturated/α-hetero) is 1. The molecule has 2 aromatic rings. The van der Waals surface area contributed by atoms with Gasteiger partial charge in [0.2, 0.25) is 0 Å². The van der Waals surface area contributed by atoms with Gasteiger partial charge in [-0.2, -0.15) is 0 Å². The Labute approximate surface area is 110 Å². The number of aromatic nitrogens is 1. The fraction of sp³-hybridized carbons (Fsp3) is 0.167. The smallest absolute Gasteiger partial charge is 0.406 e. The van der Waals surface area contributed by atoms with Gasteiger partial charge in [0, 0.05) is 17.9 Å². The molecule has 0 aliphatic heterocycles. The van der Waals surface area contributed by atoms with Crippen LogP contribution in [0.1, 0.15) is 17.4 Å². The SMILES string of the molecule is CC(=O)c1csc(-c2cccc(OC(F)(F)F)c2)n1. The lowest BCUT2D eigenvalue weighted by atomic mass is 10.2. The Balaban J connectivity index is 2.29. The number of ether oxygens (including phenoxy) is 1. The van der Waals surface area contributed by atoms with E-state index in [1.807, 2.05) is 0 Å². The molecule has 2 rings (SSSR count). The number of carbonyl (C=O) groups excluding carboxylic acids is 1. The fourth-order valence-electron chi connectivity index (χ4n) is 1.39. The van der Waals surface area contributed by atoms with Crippen LogP contribution in [0.25, 0.3) is 10.6 Å². The lowest BCUT2D eigenvalue weighted by Crippen LogP contribution is -2.17. The van der Waals surface area contributed by atoms with E-state index in [-0.39, 0.29) is 11.5 Å². The van der Waals surface area contributed by atoms with Gasteiger partial charge in [-0.05, 0) is 12.1 Å². The normalized spacial score (nSPS) is 11.4. The van der Waals surface area contributed by atoms with Crippen LogP contribution in [-0.4, -0.2) is 17.1 Å². The molecule has 0 saturated heterocycles. The maximum Gasteiger partial charge on any atom is 0.573 e. The second-order valence-corrected chi connectivity index (χ2v) is 4.53. The van der Waals surface area contributed by atoms with E-state index < -0.39 is 6.36 Å². The molecule has 0 amide bonds. The molecule has 0 aliphatic rings. The number of halogens is 3. The lowest BCUT2D eigenvalue weighted by molar-refractivity contribution is -0.274. The number of rotatable bonds is 3. The maximum absolute atomic E-state index is 12.1. The van der Waals surface area contributed by atoms with Crippen LogP contribution in [0.15, 0.2) is 29.6 Å². The van der Waals surface area contributed by atoms with Gasteiger partial charge in [-0.25, -0.2) is 4.98 Å². The van der Waals surface area contributed by atoms with Crippen LogP contribution in [0.2, 0.25) is 0 Å². The maximum atomic E-state index is 12.1. The molecule has 7 heteroatoms. The van der Waals surface area contributed by atoms with Crippen molar-refractivity contribution in [2.75, 3.05) is 0 Å². The first-order chi connectivity index (χ1) is 8.85. The molecule has 0 N–H and O–H groups in total. The summed E-state index contributed by atoms with van der Waals surface area (Å²) in [5.74, 6) is -0.505. The molecule has 0 unspecified atom stereocenters. The standard InChI is InChI=1S/C12H8F3NO2S/c1-7(17)10-6-19-11(16-10)8-3-2-4-9(5-8)18-12(13,14)15/h2-6H,1H3. The monoisotopic (exact) mass is 287 g/mol. The minimum absolute atomic E-state index is 0.190. The summed E-state index contributed by atoms with van der Waals surface area (Å²) in [7, 11) is 0. The van der Waals surface area contributed by atoms with Crippen molar-refractivity contribution in [3.63, 3.8) is 0 Å². The second kappa shape index (κ2) is 5.00. The third-order valence-corrected chi connectivity index (χ3v) is 3.07. The highest BCUT2D eigenvalue weighted by Gasteiger charge is 2.31. The summed E-state index contributed by atoms with van der Waals surface area (Å²) in [4.78, 5) is 15.2. The van der Waals surface area contributed by atoms with Gasteiger partial charge in [-0.3, -0.25) is 4.79 Å². The number of alkyl halides is 3. The predicted octanol–water partition coefficient (Wildman–Crippen LogP) is 3.91. The van der Waals surface area contributed by atoms with E-state index >= 15 is 0 Å². The summed E-state index contributed by atoms with van der Waals surface area (Å²) in [5, 5.41) is 2.03. The summed E-state index contributed by atoms with van der Waals surface area (Å²) in [6.07, 6.45) is -4.73. The van der Waals surface area contributed by atoms with Gasteiger partial charge in [0.15, 0.2) is 5.78 Å². The van der Waals surface area contributed by atoms with E-state index in [1.165, 1.54) is 36.5 Å². The molecule has 0 saturated carbocycles. The van der Waals surface area contributed by atoms with E-state index in [0.717, 1.165) is 0 Å². The molecule has 0 atom stereocenters. The van der Waals surface area contributed by atoms with Gasteiger partial charge in [0.1, 0.15) is 16.5 Å². The van der Waals surface area contributed by atoms with Crippen LogP contribution in [0.3, 0.4) is 0 Å². The number of ketones is 1. The molecule has 0 radical (unpaired) electrons. The molecular formula is C12H8F3NO2S. The first kappa shape index (κ1) is 13.5. The minimum Gasteiger partial charge on any atom is -0.406 e. The molecule has 0 fully saturated rings. The molecule has 1 heterocycles. The molecule has 1 aromatic heterocycles. The molecule has 19 heavy (non-hydrogen) atoms. The Kier molecular flexibility index (Phi) is 3.57. The van der Waals surface area contributed by atoms with Crippen LogP contribution < -0.4 is 4.74 Å². The van der Waals surface area contributed by atoms with E-state index in [0.29, 0.717) is 16.3 Å². The summed E-state index contributed by atoms with van der Waals surface area (Å²) in [6.45, 7) is 1.38. The topological polar surface area (TPSA) is 39.2 Å². The van der Waals surface area contributed by atoms with Crippen LogP contribution in [0.4, 0.5) is 13.2 Å². The highest BCUT2D eigenvalue weighted by Crippen LogP contribution is 2.29. The van der Waals surface area contributed by atoms with Crippen LogP contribution >= 0.6 is 11.3 Å². The van der Waals surface area contributed by atoms with Crippen molar-refractivity contribution in [3.05, 3.63) is 35.3 Å². The molecule has 0 spiro atoms. The zero-order valence-electron chi connectivity index (χ0n) is 9.69. The average Bonchev–Trinajstić information content (AvgIpc) is 2.76. The number of hydrogen-bond acceptors (Lipinski definition) is 4. The third kappa shape index (κ3) is 3.54. The molecule has 0 aliphatic carbocycles. The zero-order valence-corrected chi connectivity index (χ0v) is 10.5. The second-order valence-electron chi connectivity index (χ2n) is 3.67. The van der Waals surface area contributed by atoms with Crippen molar-refractivity contribution in [1.29, 1.82) is 0 Å². The lowest BCUT2D eigenvalue weighted by Gasteiger charge is -2.09. The summed E-state index contributed by atoms with van der Waals surface area (Å²) in [6, 6.07) is 5.48. The summed E-state index contributed by atoms with van der Waals surface area (Å²) >= 11 is 1.19. The molecular weight excluding hydrogens is 279 g/mol. The van der Waals surface area contributed by atoms with Crippen molar-refractivity contribution >= 4 is 17.1 Å². The Hall–Kier alpha value is -1.89. The average molecular weight is 287 g/mol. The Morgan fingerprint density at radius 1 is 1.37 bits per heavy atom. The van der Waals surface area contributed by atoms with Gasteiger partial charge >= 0.3 is 6.36 Å². The summed E-state index contributed by atoms with van der Waals surface area (Å²) in [5.41, 5.74) is 0.765. The van der Waals surface area contributed by atoms with Crippen LogP contribution in [0, 0.1) is 0 Å². The van der Waals surface area contributed by atoms with Gasteiger partial charge in [-0.15, -0.1) is 24.5 Å². The predicted molar refractivity (Wildman–Crippen MR) is 64.2 cm³/mol. The van der Waals surface area contributed by atoms with Gasteiger partial charge in [0.05, 0.1) is 0 Å². The van der Waals surface area contributed by atoms with Crippen molar-refractivity contribution in [1.82, 2.24) is 4.98 Å². The first-order valence-corrected chi connectivity index (χ1v) is 6.06. The number of benzene rings is 1. The fourth-order valence-corrected chi connectivity index (χ4v) is 2.25.